The number of fused-ring (bicyclic) bond motifs is 5. The highest BCUT2D eigenvalue weighted by Gasteiger charge is 2.66. The van der Waals surface area contributed by atoms with Gasteiger partial charge < -0.3 is 20.7 Å². The molecule has 0 spiro atoms. The average molecular weight is 407 g/mol. The second kappa shape index (κ2) is 5.45. The van der Waals surface area contributed by atoms with Crippen molar-refractivity contribution >= 4 is 5.91 Å². The first-order valence-electron chi connectivity index (χ1n) is 8.64. The van der Waals surface area contributed by atoms with E-state index < -0.39 is 52.1 Å². The van der Waals surface area contributed by atoms with Gasteiger partial charge >= 0.3 is 6.18 Å². The van der Waals surface area contributed by atoms with Crippen LogP contribution in [-0.2, 0) is 26.9 Å². The van der Waals surface area contributed by atoms with Crippen LogP contribution in [0.15, 0.2) is 18.2 Å². The lowest BCUT2D eigenvalue weighted by atomic mass is 9.72. The Hall–Kier alpha value is -3.19. The monoisotopic (exact) mass is 407 g/mol. The summed E-state index contributed by atoms with van der Waals surface area (Å²) < 4.78 is 46.8. The van der Waals surface area contributed by atoms with Gasteiger partial charge in [-0.05, 0) is 38.5 Å². The van der Waals surface area contributed by atoms with Crippen molar-refractivity contribution in [2.45, 2.75) is 37.6 Å². The number of carbonyl (C=O) groups is 1. The van der Waals surface area contributed by atoms with Crippen LogP contribution in [-0.4, -0.2) is 20.7 Å². The normalized spacial score (nSPS) is 27.7. The summed E-state index contributed by atoms with van der Waals surface area (Å²) >= 11 is 0. The molecule has 0 aliphatic carbocycles. The van der Waals surface area contributed by atoms with Gasteiger partial charge in [-0.3, -0.25) is 9.36 Å². The Morgan fingerprint density at radius 2 is 1.93 bits per heavy atom. The van der Waals surface area contributed by atoms with Gasteiger partial charge in [0.15, 0.2) is 0 Å². The van der Waals surface area contributed by atoms with Crippen LogP contribution in [0.1, 0.15) is 42.5 Å². The molecule has 2 aliphatic heterocycles. The third kappa shape index (κ3) is 2.31. The van der Waals surface area contributed by atoms with E-state index >= 15 is 0 Å². The summed E-state index contributed by atoms with van der Waals surface area (Å²) in [6.45, 7) is 3.16. The number of nitriles is 1. The van der Waals surface area contributed by atoms with Gasteiger partial charge in [-0.1, -0.05) is 0 Å². The molecule has 4 rings (SSSR count). The molecule has 2 bridgehead atoms. The SMILES string of the molecule is CC12C[C@H](C(N)=O)C(C)(O1)c1c2c(O)n(-c2ccc(C#N)c(C(F)(F)F)c2)c1O. The number of ether oxygens (including phenoxy) is 1. The van der Waals surface area contributed by atoms with Gasteiger partial charge in [-0.25, -0.2) is 0 Å². The Labute approximate surface area is 162 Å². The smallest absolute Gasteiger partial charge is 0.417 e. The first-order chi connectivity index (χ1) is 13.3. The lowest BCUT2D eigenvalue weighted by Crippen LogP contribution is -2.38. The lowest BCUT2D eigenvalue weighted by molar-refractivity contribution is -0.137. The van der Waals surface area contributed by atoms with E-state index in [0.717, 1.165) is 10.6 Å². The van der Waals surface area contributed by atoms with Crippen molar-refractivity contribution in [3.63, 3.8) is 0 Å². The zero-order chi connectivity index (χ0) is 21.5. The molecule has 152 valence electrons. The summed E-state index contributed by atoms with van der Waals surface area (Å²) in [6, 6.07) is 4.29. The number of alkyl halides is 3. The van der Waals surface area contributed by atoms with Crippen LogP contribution in [0, 0.1) is 17.2 Å². The number of primary amides is 1. The predicted octanol–water partition coefficient (Wildman–Crippen LogP) is 2.74. The Bertz CT molecular complexity index is 1120. The molecule has 7 nitrogen and oxygen atoms in total. The highest BCUT2D eigenvalue weighted by atomic mass is 19.4. The number of hydrogen-bond donors (Lipinski definition) is 3. The Morgan fingerprint density at radius 1 is 1.31 bits per heavy atom. The average Bonchev–Trinajstić information content (AvgIpc) is 3.15. The number of hydrogen-bond acceptors (Lipinski definition) is 5. The fourth-order valence-corrected chi connectivity index (χ4v) is 4.68. The number of aromatic nitrogens is 1. The van der Waals surface area contributed by atoms with Gasteiger partial charge in [0.2, 0.25) is 17.7 Å². The highest BCUT2D eigenvalue weighted by molar-refractivity contribution is 5.81. The van der Waals surface area contributed by atoms with Gasteiger partial charge in [0.1, 0.15) is 5.60 Å². The maximum atomic E-state index is 13.3. The van der Waals surface area contributed by atoms with Crippen LogP contribution < -0.4 is 5.73 Å². The van der Waals surface area contributed by atoms with Crippen molar-refractivity contribution in [1.29, 1.82) is 5.26 Å². The van der Waals surface area contributed by atoms with Crippen molar-refractivity contribution in [3.8, 4) is 23.5 Å². The second-order valence-corrected chi connectivity index (χ2v) is 7.67. The first kappa shape index (κ1) is 19.1. The molecule has 29 heavy (non-hydrogen) atoms. The maximum absolute atomic E-state index is 13.3. The Morgan fingerprint density at radius 3 is 2.48 bits per heavy atom. The summed E-state index contributed by atoms with van der Waals surface area (Å²) in [4.78, 5) is 11.9. The van der Waals surface area contributed by atoms with Crippen LogP contribution in [0.4, 0.5) is 13.2 Å². The molecule has 1 aromatic carbocycles. The van der Waals surface area contributed by atoms with E-state index in [1.54, 1.807) is 13.8 Å². The zero-order valence-electron chi connectivity index (χ0n) is 15.3. The van der Waals surface area contributed by atoms with Gasteiger partial charge in [-0.15, -0.1) is 0 Å². The minimum Gasteiger partial charge on any atom is -0.494 e. The molecule has 1 amide bonds. The third-order valence-electron chi connectivity index (χ3n) is 5.87. The van der Waals surface area contributed by atoms with Gasteiger partial charge in [0.05, 0.1) is 45.5 Å². The van der Waals surface area contributed by atoms with Crippen LogP contribution in [0.25, 0.3) is 5.69 Å². The summed E-state index contributed by atoms with van der Waals surface area (Å²) in [5.41, 5.74) is 1.33. The molecule has 0 radical (unpaired) electrons. The van der Waals surface area contributed by atoms with Gasteiger partial charge in [0, 0.05) is 0 Å². The molecule has 3 atom stereocenters. The molecule has 1 fully saturated rings. The molecule has 2 aromatic rings. The van der Waals surface area contributed by atoms with Gasteiger partial charge in [0.25, 0.3) is 0 Å². The first-order valence-corrected chi connectivity index (χ1v) is 8.64. The number of benzene rings is 1. The fourth-order valence-electron chi connectivity index (χ4n) is 4.68. The van der Waals surface area contributed by atoms with Crippen molar-refractivity contribution < 1.29 is 32.9 Å². The molecular formula is C19H16F3N3O4. The predicted molar refractivity (Wildman–Crippen MR) is 91.9 cm³/mol. The number of rotatable bonds is 2. The topological polar surface area (TPSA) is 122 Å². The van der Waals surface area contributed by atoms with Crippen molar-refractivity contribution in [2.75, 3.05) is 0 Å². The lowest BCUT2D eigenvalue weighted by Gasteiger charge is -2.27. The van der Waals surface area contributed by atoms with Crippen LogP contribution in [0.2, 0.25) is 0 Å². The van der Waals surface area contributed by atoms with E-state index in [4.69, 9.17) is 15.7 Å². The van der Waals surface area contributed by atoms with Crippen LogP contribution in [0.5, 0.6) is 11.8 Å². The van der Waals surface area contributed by atoms with E-state index in [1.165, 1.54) is 12.1 Å². The van der Waals surface area contributed by atoms with E-state index in [0.29, 0.717) is 6.07 Å². The Kier molecular flexibility index (Phi) is 3.60. The third-order valence-corrected chi connectivity index (χ3v) is 5.87. The van der Waals surface area contributed by atoms with Crippen molar-refractivity contribution in [1.82, 2.24) is 4.57 Å². The second-order valence-electron chi connectivity index (χ2n) is 7.67. The molecule has 1 aromatic heterocycles. The largest absolute Gasteiger partial charge is 0.494 e. The minimum atomic E-state index is -4.81. The minimum absolute atomic E-state index is 0.116. The summed E-state index contributed by atoms with van der Waals surface area (Å²) in [5.74, 6) is -2.48. The maximum Gasteiger partial charge on any atom is 0.417 e. The number of halogens is 3. The Balaban J connectivity index is 1.97. The summed E-state index contributed by atoms with van der Waals surface area (Å²) in [7, 11) is 0. The molecule has 1 saturated heterocycles. The molecule has 0 saturated carbocycles. The van der Waals surface area contributed by atoms with E-state index in [-0.39, 0.29) is 23.2 Å². The molecule has 4 N–H and O–H groups in total. The number of nitrogens with zero attached hydrogens (tertiary/aromatic N) is 2. The van der Waals surface area contributed by atoms with E-state index in [2.05, 4.69) is 0 Å². The van der Waals surface area contributed by atoms with E-state index in [9.17, 15) is 28.2 Å². The van der Waals surface area contributed by atoms with Crippen LogP contribution in [0.3, 0.4) is 0 Å². The van der Waals surface area contributed by atoms with Crippen molar-refractivity contribution in [2.24, 2.45) is 11.7 Å². The fraction of sp³-hybridized carbons (Fsp3) is 0.368. The molecule has 3 heterocycles. The molecular weight excluding hydrogens is 391 g/mol. The van der Waals surface area contributed by atoms with Crippen molar-refractivity contribution in [3.05, 3.63) is 40.5 Å². The standard InChI is InChI=1S/C19H16F3N3O4/c1-17-6-11(14(24)26)18(2,29-17)13-12(17)15(27)25(16(13)28)9-4-3-8(7-23)10(5-9)19(20,21)22/h3-5,11,27-28H,6H2,1-2H3,(H2,24,26)/t11-,17?,18?/m1/s1. The highest BCUT2D eigenvalue weighted by Crippen LogP contribution is 2.66. The summed E-state index contributed by atoms with van der Waals surface area (Å²) in [6.07, 6.45) is -4.65. The molecule has 2 aliphatic rings. The number of aromatic hydroxyl groups is 2. The number of nitrogens with two attached hydrogens (primary N) is 1. The molecule has 2 unspecified atom stereocenters. The van der Waals surface area contributed by atoms with Gasteiger partial charge in [-0.2, -0.15) is 18.4 Å². The molecule has 10 heteroatoms. The van der Waals surface area contributed by atoms with Crippen LogP contribution >= 0.6 is 0 Å². The summed E-state index contributed by atoms with van der Waals surface area (Å²) in [5, 5.41) is 30.6. The quantitative estimate of drug-likeness (QED) is 0.707. The number of carbonyl (C=O) groups excluding carboxylic acids is 1. The zero-order valence-corrected chi connectivity index (χ0v) is 15.3. The van der Waals surface area contributed by atoms with E-state index in [1.807, 2.05) is 0 Å². The number of amides is 1.